The second-order valence-corrected chi connectivity index (χ2v) is 8.58. The van der Waals surface area contributed by atoms with Crippen LogP contribution in [0.2, 0.25) is 0 Å². The first-order valence-corrected chi connectivity index (χ1v) is 12.0. The lowest BCUT2D eigenvalue weighted by molar-refractivity contribution is -0.140. The first-order chi connectivity index (χ1) is 18.5. The predicted octanol–water partition coefficient (Wildman–Crippen LogP) is 3.12. The SMILES string of the molecule is O=C1ONN(c2ccccc2)/C1=C/C(=NC(=O)c1ccccc1)C(=O)N1CCN(c2ccccc2F)CC1. The molecule has 0 aliphatic carbocycles. The number of rotatable bonds is 5. The Kier molecular flexibility index (Phi) is 7.23. The van der Waals surface area contributed by atoms with Gasteiger partial charge in [-0.1, -0.05) is 54.1 Å². The highest BCUT2D eigenvalue weighted by Crippen LogP contribution is 2.23. The molecule has 10 heteroatoms. The molecule has 3 aromatic carbocycles. The van der Waals surface area contributed by atoms with E-state index in [9.17, 15) is 18.8 Å². The molecular weight excluding hydrogens is 489 g/mol. The Morgan fingerprint density at radius 2 is 1.50 bits per heavy atom. The number of anilines is 2. The summed E-state index contributed by atoms with van der Waals surface area (Å²) >= 11 is 0. The average molecular weight is 514 g/mol. The number of carbonyl (C=O) groups is 3. The number of nitrogens with zero attached hydrogens (tertiary/aromatic N) is 4. The Hall–Kier alpha value is -4.83. The second kappa shape index (κ2) is 11.1. The monoisotopic (exact) mass is 513 g/mol. The topological polar surface area (TPSA) is 94.5 Å². The zero-order valence-corrected chi connectivity index (χ0v) is 20.3. The minimum Gasteiger partial charge on any atom is -0.366 e. The third-order valence-corrected chi connectivity index (χ3v) is 6.19. The average Bonchev–Trinajstić information content (AvgIpc) is 3.33. The molecule has 1 N–H and O–H groups in total. The first kappa shape index (κ1) is 24.8. The van der Waals surface area contributed by atoms with Crippen LogP contribution in [0.25, 0.3) is 0 Å². The highest BCUT2D eigenvalue weighted by atomic mass is 19.1. The number of hydrogen-bond donors (Lipinski definition) is 1. The quantitative estimate of drug-likeness (QED) is 0.414. The van der Waals surface area contributed by atoms with Gasteiger partial charge in [-0.05, 0) is 36.4 Å². The van der Waals surface area contributed by atoms with E-state index in [1.807, 2.05) is 11.0 Å². The summed E-state index contributed by atoms with van der Waals surface area (Å²) in [5, 5.41) is 1.37. The Morgan fingerprint density at radius 1 is 0.868 bits per heavy atom. The summed E-state index contributed by atoms with van der Waals surface area (Å²) in [6.45, 7) is 1.34. The van der Waals surface area contributed by atoms with Gasteiger partial charge in [0.1, 0.15) is 11.5 Å². The van der Waals surface area contributed by atoms with E-state index in [2.05, 4.69) is 10.6 Å². The fourth-order valence-corrected chi connectivity index (χ4v) is 4.22. The molecule has 0 bridgehead atoms. The third-order valence-electron chi connectivity index (χ3n) is 6.19. The predicted molar refractivity (Wildman–Crippen MR) is 140 cm³/mol. The van der Waals surface area contributed by atoms with Gasteiger partial charge < -0.3 is 14.6 Å². The summed E-state index contributed by atoms with van der Waals surface area (Å²) in [6, 6.07) is 23.7. The molecular formula is C28H24FN5O4. The van der Waals surface area contributed by atoms with Crippen molar-refractivity contribution in [3.63, 3.8) is 0 Å². The van der Waals surface area contributed by atoms with Gasteiger partial charge in [-0.15, -0.1) is 0 Å². The van der Waals surface area contributed by atoms with Gasteiger partial charge in [0.2, 0.25) is 0 Å². The van der Waals surface area contributed by atoms with Crippen LogP contribution in [0.3, 0.4) is 0 Å². The van der Waals surface area contributed by atoms with Gasteiger partial charge in [-0.2, -0.15) is 0 Å². The molecule has 5 rings (SSSR count). The molecule has 2 fully saturated rings. The number of nitrogens with one attached hydrogen (secondary N) is 1. The molecule has 0 spiro atoms. The maximum Gasteiger partial charge on any atom is 0.376 e. The van der Waals surface area contributed by atoms with Crippen LogP contribution in [0.4, 0.5) is 15.8 Å². The molecule has 2 aliphatic heterocycles. The number of hydrogen-bond acceptors (Lipinski definition) is 7. The summed E-state index contributed by atoms with van der Waals surface area (Å²) < 4.78 is 14.3. The lowest BCUT2D eigenvalue weighted by Gasteiger charge is -2.36. The van der Waals surface area contributed by atoms with Gasteiger partial charge in [0.05, 0.1) is 11.4 Å². The lowest BCUT2D eigenvalue weighted by Crippen LogP contribution is -2.50. The molecule has 0 atom stereocenters. The van der Waals surface area contributed by atoms with E-state index in [-0.39, 0.29) is 30.3 Å². The van der Waals surface area contributed by atoms with Crippen molar-refractivity contribution >= 4 is 34.9 Å². The van der Waals surface area contributed by atoms with Crippen molar-refractivity contribution in [2.45, 2.75) is 0 Å². The van der Waals surface area contributed by atoms with Crippen LogP contribution in [0.15, 0.2) is 102 Å². The van der Waals surface area contributed by atoms with Crippen LogP contribution in [0.1, 0.15) is 10.4 Å². The van der Waals surface area contributed by atoms with Crippen LogP contribution in [0, 0.1) is 5.82 Å². The third kappa shape index (κ3) is 5.30. The number of aliphatic imine (C=N–C) groups is 1. The molecule has 9 nitrogen and oxygen atoms in total. The molecule has 0 saturated carbocycles. The van der Waals surface area contributed by atoms with Crippen LogP contribution in [0.5, 0.6) is 0 Å². The summed E-state index contributed by atoms with van der Waals surface area (Å²) in [6.07, 6.45) is 1.25. The molecule has 192 valence electrons. The number of benzene rings is 3. The fourth-order valence-electron chi connectivity index (χ4n) is 4.22. The highest BCUT2D eigenvalue weighted by molar-refractivity contribution is 6.45. The van der Waals surface area contributed by atoms with E-state index in [4.69, 9.17) is 4.84 Å². The summed E-state index contributed by atoms with van der Waals surface area (Å²) in [5.41, 5.74) is 3.65. The Labute approximate surface area is 218 Å². The van der Waals surface area contributed by atoms with Crippen LogP contribution >= 0.6 is 0 Å². The van der Waals surface area contributed by atoms with Crippen molar-refractivity contribution < 1.29 is 23.6 Å². The van der Waals surface area contributed by atoms with Gasteiger partial charge in [-0.3, -0.25) is 9.59 Å². The number of carbonyl (C=O) groups excluding carboxylic acids is 3. The molecule has 2 aliphatic rings. The smallest absolute Gasteiger partial charge is 0.366 e. The van der Waals surface area contributed by atoms with Gasteiger partial charge in [-0.25, -0.2) is 19.2 Å². The van der Waals surface area contributed by atoms with E-state index in [1.54, 1.807) is 72.8 Å². The Morgan fingerprint density at radius 3 is 2.18 bits per heavy atom. The van der Waals surface area contributed by atoms with Gasteiger partial charge >= 0.3 is 5.97 Å². The van der Waals surface area contributed by atoms with Gasteiger partial charge in [0.15, 0.2) is 5.70 Å². The maximum absolute atomic E-state index is 14.3. The zero-order chi connectivity index (χ0) is 26.5. The normalized spacial score (nSPS) is 17.1. The molecule has 0 unspecified atom stereocenters. The number of piperazine rings is 1. The largest absolute Gasteiger partial charge is 0.376 e. The van der Waals surface area contributed by atoms with Crippen molar-refractivity contribution in [1.29, 1.82) is 0 Å². The molecule has 0 radical (unpaired) electrons. The van der Waals surface area contributed by atoms with Crippen molar-refractivity contribution in [3.05, 3.63) is 108 Å². The van der Waals surface area contributed by atoms with Crippen LogP contribution < -0.4 is 15.5 Å². The highest BCUT2D eigenvalue weighted by Gasteiger charge is 2.32. The van der Waals surface area contributed by atoms with Crippen LogP contribution in [-0.2, 0) is 14.4 Å². The molecule has 0 aromatic heterocycles. The fraction of sp³-hybridized carbons (Fsp3) is 0.143. The van der Waals surface area contributed by atoms with E-state index in [1.165, 1.54) is 22.1 Å². The van der Waals surface area contributed by atoms with Gasteiger partial charge in [0, 0.05) is 37.8 Å². The minimum absolute atomic E-state index is 0.00541. The Bertz CT molecular complexity index is 1400. The molecule has 2 saturated heterocycles. The van der Waals surface area contributed by atoms with Crippen molar-refractivity contribution in [1.82, 2.24) is 10.5 Å². The molecule has 2 heterocycles. The standard InChI is InChI=1S/C28H24FN5O4/c29-22-13-7-8-14-24(22)32-15-17-33(18-16-32)27(36)23(30-26(35)20-9-3-1-4-10-20)19-25-28(37)38-31-34(25)21-11-5-2-6-12-21/h1-14,19,31H,15-18H2/b25-19+,30-23?. The van der Waals surface area contributed by atoms with E-state index >= 15 is 0 Å². The number of halogens is 1. The van der Waals surface area contributed by atoms with Crippen molar-refractivity contribution in [2.24, 2.45) is 4.99 Å². The summed E-state index contributed by atoms with van der Waals surface area (Å²) in [4.78, 5) is 51.6. The first-order valence-electron chi connectivity index (χ1n) is 12.0. The molecule has 38 heavy (non-hydrogen) atoms. The Balaban J connectivity index is 1.44. The zero-order valence-electron chi connectivity index (χ0n) is 20.3. The van der Waals surface area contributed by atoms with Crippen molar-refractivity contribution in [2.75, 3.05) is 36.1 Å². The van der Waals surface area contributed by atoms with E-state index in [0.29, 0.717) is 30.0 Å². The summed E-state index contributed by atoms with van der Waals surface area (Å²) in [7, 11) is 0. The van der Waals surface area contributed by atoms with Gasteiger partial charge in [0.25, 0.3) is 11.8 Å². The number of hydrazine groups is 1. The number of amides is 2. The van der Waals surface area contributed by atoms with E-state index < -0.39 is 17.8 Å². The van der Waals surface area contributed by atoms with Crippen molar-refractivity contribution in [3.8, 4) is 0 Å². The summed E-state index contributed by atoms with van der Waals surface area (Å²) in [5.74, 6) is -2.21. The lowest BCUT2D eigenvalue weighted by atomic mass is 10.1. The molecule has 2 amide bonds. The maximum atomic E-state index is 14.3. The molecule has 3 aromatic rings. The van der Waals surface area contributed by atoms with E-state index in [0.717, 1.165) is 0 Å². The second-order valence-electron chi connectivity index (χ2n) is 8.58. The van der Waals surface area contributed by atoms with Crippen LogP contribution in [-0.4, -0.2) is 54.6 Å². The number of para-hydroxylation sites is 2. The minimum atomic E-state index is -0.731.